The summed E-state index contributed by atoms with van der Waals surface area (Å²) in [5, 5.41) is 23.4. The Balaban J connectivity index is 0.00000156. The molecule has 0 radical (unpaired) electrons. The van der Waals surface area contributed by atoms with E-state index in [1.807, 2.05) is 11.3 Å². The fraction of sp³-hybridized carbons (Fsp3) is 0.444. The van der Waals surface area contributed by atoms with Crippen LogP contribution in [0.2, 0.25) is 0 Å². The molecule has 0 bridgehead atoms. The van der Waals surface area contributed by atoms with Gasteiger partial charge in [-0.1, -0.05) is 13.3 Å². The highest BCUT2D eigenvalue weighted by Gasteiger charge is 2.36. The van der Waals surface area contributed by atoms with Crippen LogP contribution in [0.1, 0.15) is 52.1 Å². The summed E-state index contributed by atoms with van der Waals surface area (Å²) >= 11 is 1.94. The molecule has 3 nitrogen and oxygen atoms in total. The van der Waals surface area contributed by atoms with Crippen molar-refractivity contribution in [2.45, 2.75) is 51.1 Å². The SMILES string of the molecule is Br.CCCc1cc2c(s1)[C@@H]1c3cc(O)c(O)cc3CC[C@H]1NC2. The molecule has 0 unspecified atom stereocenters. The van der Waals surface area contributed by atoms with E-state index in [-0.39, 0.29) is 28.5 Å². The number of rotatable bonds is 2. The molecule has 1 aliphatic carbocycles. The molecule has 2 aromatic rings. The van der Waals surface area contributed by atoms with E-state index in [1.165, 1.54) is 32.9 Å². The zero-order valence-electron chi connectivity index (χ0n) is 13.1. The van der Waals surface area contributed by atoms with Gasteiger partial charge in [0.2, 0.25) is 0 Å². The van der Waals surface area contributed by atoms with Gasteiger partial charge in [-0.05, 0) is 54.2 Å². The minimum atomic E-state index is -0.00291. The van der Waals surface area contributed by atoms with Gasteiger partial charge in [0.1, 0.15) is 0 Å². The third-order valence-corrected chi connectivity index (χ3v) is 6.25. The lowest BCUT2D eigenvalue weighted by molar-refractivity contribution is 0.383. The van der Waals surface area contributed by atoms with Crippen LogP contribution in [0.3, 0.4) is 0 Å². The van der Waals surface area contributed by atoms with Crippen molar-refractivity contribution in [2.75, 3.05) is 0 Å². The van der Waals surface area contributed by atoms with Crippen LogP contribution in [-0.2, 0) is 19.4 Å². The molecule has 0 amide bonds. The highest BCUT2D eigenvalue weighted by atomic mass is 79.9. The molecule has 3 N–H and O–H groups in total. The fourth-order valence-electron chi connectivity index (χ4n) is 3.89. The van der Waals surface area contributed by atoms with Gasteiger partial charge in [0.25, 0.3) is 0 Å². The quantitative estimate of drug-likeness (QED) is 0.666. The van der Waals surface area contributed by atoms with Gasteiger partial charge in [0.15, 0.2) is 11.5 Å². The topological polar surface area (TPSA) is 52.5 Å². The van der Waals surface area contributed by atoms with Crippen molar-refractivity contribution >= 4 is 28.3 Å². The number of thiophene rings is 1. The van der Waals surface area contributed by atoms with E-state index < -0.39 is 0 Å². The monoisotopic (exact) mass is 395 g/mol. The Hall–Kier alpha value is -1.04. The van der Waals surface area contributed by atoms with Crippen molar-refractivity contribution in [2.24, 2.45) is 0 Å². The van der Waals surface area contributed by atoms with Crippen LogP contribution in [0.15, 0.2) is 18.2 Å². The number of halogens is 1. The van der Waals surface area contributed by atoms with Crippen molar-refractivity contribution in [1.82, 2.24) is 5.32 Å². The van der Waals surface area contributed by atoms with E-state index >= 15 is 0 Å². The van der Waals surface area contributed by atoms with Crippen LogP contribution in [0.4, 0.5) is 0 Å². The average molecular weight is 396 g/mol. The standard InChI is InChI=1S/C18H21NO2S.BrH/c1-2-3-12-6-11-9-19-14-5-4-10-7-15(20)16(21)8-13(10)17(14)18(11)22-12;/h6-8,14,17,19-21H,2-5,9H2,1H3;1H/t14-,17-;/m1./s1. The zero-order valence-corrected chi connectivity index (χ0v) is 15.7. The maximum atomic E-state index is 9.94. The van der Waals surface area contributed by atoms with Crippen LogP contribution in [0.25, 0.3) is 0 Å². The first-order chi connectivity index (χ1) is 10.7. The Morgan fingerprint density at radius 2 is 1.96 bits per heavy atom. The molecule has 124 valence electrons. The van der Waals surface area contributed by atoms with Crippen LogP contribution in [0, 0.1) is 0 Å². The average Bonchev–Trinajstić information content (AvgIpc) is 2.91. The smallest absolute Gasteiger partial charge is 0.157 e. The molecule has 2 aliphatic rings. The van der Waals surface area contributed by atoms with Crippen molar-refractivity contribution in [3.8, 4) is 11.5 Å². The number of aryl methyl sites for hydroxylation is 2. The van der Waals surface area contributed by atoms with Gasteiger partial charge in [-0.15, -0.1) is 28.3 Å². The molecular weight excluding hydrogens is 374 g/mol. The molecule has 2 atom stereocenters. The third-order valence-electron chi connectivity index (χ3n) is 4.92. The highest BCUT2D eigenvalue weighted by molar-refractivity contribution is 8.93. The first-order valence-corrected chi connectivity index (χ1v) is 8.88. The summed E-state index contributed by atoms with van der Waals surface area (Å²) in [6, 6.07) is 6.31. The predicted molar refractivity (Wildman–Crippen MR) is 99.2 cm³/mol. The van der Waals surface area contributed by atoms with Gasteiger partial charge >= 0.3 is 0 Å². The Morgan fingerprint density at radius 1 is 1.17 bits per heavy atom. The largest absolute Gasteiger partial charge is 0.504 e. The molecule has 1 aromatic carbocycles. The Kier molecular flexibility index (Phi) is 4.72. The van der Waals surface area contributed by atoms with E-state index in [0.717, 1.165) is 25.8 Å². The summed E-state index contributed by atoms with van der Waals surface area (Å²) in [5.74, 6) is 0.311. The molecule has 0 saturated heterocycles. The summed E-state index contributed by atoms with van der Waals surface area (Å²) in [6.45, 7) is 3.17. The van der Waals surface area contributed by atoms with Crippen LogP contribution >= 0.6 is 28.3 Å². The van der Waals surface area contributed by atoms with E-state index in [2.05, 4.69) is 18.3 Å². The van der Waals surface area contributed by atoms with Gasteiger partial charge in [-0.25, -0.2) is 0 Å². The molecule has 0 spiro atoms. The second-order valence-corrected chi connectivity index (χ2v) is 7.56. The fourth-order valence-corrected chi connectivity index (χ4v) is 5.36. The Bertz CT molecular complexity index is 728. The van der Waals surface area contributed by atoms with E-state index in [4.69, 9.17) is 0 Å². The van der Waals surface area contributed by atoms with Crippen LogP contribution in [-0.4, -0.2) is 16.3 Å². The van der Waals surface area contributed by atoms with E-state index in [9.17, 15) is 10.2 Å². The maximum absolute atomic E-state index is 9.94. The summed E-state index contributed by atoms with van der Waals surface area (Å²) in [4.78, 5) is 2.92. The van der Waals surface area contributed by atoms with Gasteiger partial charge in [0.05, 0.1) is 0 Å². The molecule has 4 rings (SSSR count). The lowest BCUT2D eigenvalue weighted by Crippen LogP contribution is -2.41. The summed E-state index contributed by atoms with van der Waals surface area (Å²) < 4.78 is 0. The summed E-state index contributed by atoms with van der Waals surface area (Å²) in [7, 11) is 0. The van der Waals surface area contributed by atoms with E-state index in [1.54, 1.807) is 12.1 Å². The minimum absolute atomic E-state index is 0. The molecule has 2 heterocycles. The highest BCUT2D eigenvalue weighted by Crippen LogP contribution is 2.46. The molecule has 1 aliphatic heterocycles. The summed E-state index contributed by atoms with van der Waals surface area (Å²) in [5.41, 5.74) is 3.77. The number of fused-ring (bicyclic) bond motifs is 5. The van der Waals surface area contributed by atoms with Crippen molar-refractivity contribution in [1.29, 1.82) is 0 Å². The zero-order chi connectivity index (χ0) is 15.3. The summed E-state index contributed by atoms with van der Waals surface area (Å²) in [6.07, 6.45) is 4.36. The second kappa shape index (κ2) is 6.46. The van der Waals surface area contributed by atoms with Crippen molar-refractivity contribution in [3.05, 3.63) is 44.6 Å². The molecular formula is C18H22BrNO2S. The number of phenols is 2. The third kappa shape index (κ3) is 2.79. The second-order valence-electron chi connectivity index (χ2n) is 6.40. The number of hydrogen-bond donors (Lipinski definition) is 3. The number of benzene rings is 1. The molecule has 1 aromatic heterocycles. The molecule has 23 heavy (non-hydrogen) atoms. The van der Waals surface area contributed by atoms with Gasteiger partial charge in [0, 0.05) is 28.3 Å². The van der Waals surface area contributed by atoms with Crippen LogP contribution in [0.5, 0.6) is 11.5 Å². The van der Waals surface area contributed by atoms with Gasteiger partial charge in [-0.2, -0.15) is 0 Å². The Morgan fingerprint density at radius 3 is 2.74 bits per heavy atom. The predicted octanol–water partition coefficient (Wildman–Crippen LogP) is 4.24. The van der Waals surface area contributed by atoms with Crippen molar-refractivity contribution < 1.29 is 10.2 Å². The molecule has 0 fully saturated rings. The number of phenolic OH excluding ortho intramolecular Hbond substituents is 2. The number of aromatic hydroxyl groups is 2. The van der Waals surface area contributed by atoms with Gasteiger partial charge < -0.3 is 15.5 Å². The first-order valence-electron chi connectivity index (χ1n) is 8.07. The number of hydrogen-bond acceptors (Lipinski definition) is 4. The maximum Gasteiger partial charge on any atom is 0.157 e. The number of nitrogens with one attached hydrogen (secondary N) is 1. The molecule has 0 saturated carbocycles. The lowest BCUT2D eigenvalue weighted by atomic mass is 9.75. The molecule has 5 heteroatoms. The van der Waals surface area contributed by atoms with Gasteiger partial charge in [-0.3, -0.25) is 0 Å². The van der Waals surface area contributed by atoms with Crippen molar-refractivity contribution in [3.63, 3.8) is 0 Å². The minimum Gasteiger partial charge on any atom is -0.504 e. The normalized spacial score (nSPS) is 21.8. The van der Waals surface area contributed by atoms with E-state index in [0.29, 0.717) is 12.0 Å². The first kappa shape index (κ1) is 16.8. The Labute approximate surface area is 151 Å². The lowest BCUT2D eigenvalue weighted by Gasteiger charge is -2.38. The van der Waals surface area contributed by atoms with Crippen LogP contribution < -0.4 is 5.32 Å².